The molecule has 1 aromatic heterocycles. The second-order valence-corrected chi connectivity index (χ2v) is 5.67. The van der Waals surface area contributed by atoms with Gasteiger partial charge < -0.3 is 9.47 Å². The molecule has 1 saturated carbocycles. The Morgan fingerprint density at radius 1 is 1.20 bits per heavy atom. The number of hydrogen-bond donors (Lipinski definition) is 0. The first-order valence-electron chi connectivity index (χ1n) is 7.37. The van der Waals surface area contributed by atoms with Crippen molar-refractivity contribution in [3.05, 3.63) is 22.7 Å². The molecule has 1 aliphatic carbocycles. The van der Waals surface area contributed by atoms with Gasteiger partial charge in [0.25, 0.3) is 0 Å². The van der Waals surface area contributed by atoms with E-state index in [2.05, 4.69) is 9.97 Å². The summed E-state index contributed by atoms with van der Waals surface area (Å²) in [6, 6.07) is 1.75. The van der Waals surface area contributed by atoms with E-state index in [0.717, 1.165) is 37.2 Å². The van der Waals surface area contributed by atoms with Crippen LogP contribution in [-0.4, -0.2) is 23.7 Å². The average Bonchev–Trinajstić information content (AvgIpc) is 2.65. The molecule has 1 heterocycles. The van der Waals surface area contributed by atoms with Gasteiger partial charge in [-0.15, -0.1) is 0 Å². The molecular weight excluding hydrogens is 276 g/mol. The van der Waals surface area contributed by atoms with Crippen molar-refractivity contribution in [2.75, 3.05) is 13.7 Å². The minimum absolute atomic E-state index is 0.376. The Morgan fingerprint density at radius 3 is 2.50 bits per heavy atom. The largest absolute Gasteiger partial charge is 0.378 e. The molecular formula is C15H23ClN2O2. The van der Waals surface area contributed by atoms with E-state index >= 15 is 0 Å². The number of nitrogens with zero attached hydrogens (tertiary/aromatic N) is 2. The fraction of sp³-hybridized carbons (Fsp3) is 0.733. The zero-order valence-electron chi connectivity index (χ0n) is 12.3. The van der Waals surface area contributed by atoms with Crippen LogP contribution < -0.4 is 0 Å². The monoisotopic (exact) mass is 298 g/mol. The summed E-state index contributed by atoms with van der Waals surface area (Å²) < 4.78 is 11.3. The molecule has 5 heteroatoms. The van der Waals surface area contributed by atoms with E-state index in [1.807, 2.05) is 6.92 Å². The van der Waals surface area contributed by atoms with E-state index in [1.165, 1.54) is 12.8 Å². The highest BCUT2D eigenvalue weighted by Crippen LogP contribution is 2.38. The lowest BCUT2D eigenvalue weighted by atomic mass is 9.93. The molecule has 0 saturated heterocycles. The number of halogens is 1. The Balaban J connectivity index is 2.36. The van der Waals surface area contributed by atoms with Crippen molar-refractivity contribution in [1.29, 1.82) is 0 Å². The lowest BCUT2D eigenvalue weighted by molar-refractivity contribution is -0.0627. The van der Waals surface area contributed by atoms with E-state index < -0.39 is 0 Å². The van der Waals surface area contributed by atoms with Crippen molar-refractivity contribution in [2.45, 2.75) is 57.7 Å². The van der Waals surface area contributed by atoms with Crippen molar-refractivity contribution in [2.24, 2.45) is 0 Å². The molecule has 0 spiro atoms. The number of rotatable bonds is 5. The van der Waals surface area contributed by atoms with Crippen LogP contribution in [0.25, 0.3) is 0 Å². The number of methoxy groups -OCH3 is 1. The van der Waals surface area contributed by atoms with E-state index in [4.69, 9.17) is 21.1 Å². The van der Waals surface area contributed by atoms with Crippen LogP contribution in [0, 0.1) is 0 Å². The second-order valence-electron chi connectivity index (χ2n) is 5.28. The van der Waals surface area contributed by atoms with Gasteiger partial charge in [-0.05, 0) is 25.8 Å². The highest BCUT2D eigenvalue weighted by atomic mass is 35.5. The predicted octanol–water partition coefficient (Wildman–Crippen LogP) is 3.86. The zero-order valence-corrected chi connectivity index (χ0v) is 13.1. The molecule has 2 rings (SSSR count). The van der Waals surface area contributed by atoms with Crippen LogP contribution in [0.5, 0.6) is 0 Å². The van der Waals surface area contributed by atoms with Crippen LogP contribution in [0.1, 0.15) is 57.0 Å². The maximum Gasteiger partial charge on any atom is 0.162 e. The minimum atomic E-state index is -0.376. The third kappa shape index (κ3) is 3.68. The summed E-state index contributed by atoms with van der Waals surface area (Å²) in [6.07, 6.45) is 6.73. The molecule has 0 N–H and O–H groups in total. The summed E-state index contributed by atoms with van der Waals surface area (Å²) in [5.41, 5.74) is 0.435. The maximum absolute atomic E-state index is 6.15. The fourth-order valence-electron chi connectivity index (χ4n) is 2.90. The Morgan fingerprint density at radius 2 is 1.90 bits per heavy atom. The molecule has 0 aromatic carbocycles. The van der Waals surface area contributed by atoms with Crippen LogP contribution in [0.4, 0.5) is 0 Å². The maximum atomic E-state index is 6.15. The van der Waals surface area contributed by atoms with Crippen LogP contribution in [0.2, 0.25) is 5.15 Å². The number of hydrogen-bond acceptors (Lipinski definition) is 4. The van der Waals surface area contributed by atoms with Gasteiger partial charge in [0.15, 0.2) is 5.82 Å². The molecule has 0 aliphatic heterocycles. The van der Waals surface area contributed by atoms with Gasteiger partial charge in [0.1, 0.15) is 10.8 Å². The highest BCUT2D eigenvalue weighted by Gasteiger charge is 2.36. The fourth-order valence-corrected chi connectivity index (χ4v) is 3.10. The van der Waals surface area contributed by atoms with Crippen LogP contribution in [-0.2, 0) is 21.7 Å². The molecule has 0 amide bonds. The van der Waals surface area contributed by atoms with Crippen LogP contribution >= 0.6 is 11.6 Å². The van der Waals surface area contributed by atoms with Gasteiger partial charge in [0, 0.05) is 13.7 Å². The molecule has 1 aliphatic rings. The third-order valence-corrected chi connectivity index (χ3v) is 3.97. The summed E-state index contributed by atoms with van der Waals surface area (Å²) >= 11 is 6.15. The lowest BCUT2D eigenvalue weighted by Crippen LogP contribution is -2.32. The van der Waals surface area contributed by atoms with Crippen molar-refractivity contribution in [3.8, 4) is 0 Å². The Bertz CT molecular complexity index is 432. The molecule has 20 heavy (non-hydrogen) atoms. The molecule has 0 bridgehead atoms. The van der Waals surface area contributed by atoms with Crippen molar-refractivity contribution < 1.29 is 9.47 Å². The van der Waals surface area contributed by atoms with Gasteiger partial charge in [-0.2, -0.15) is 0 Å². The smallest absolute Gasteiger partial charge is 0.162 e. The van der Waals surface area contributed by atoms with E-state index in [-0.39, 0.29) is 5.60 Å². The zero-order chi connectivity index (χ0) is 14.4. The summed E-state index contributed by atoms with van der Waals surface area (Å²) in [5, 5.41) is 0.463. The first-order chi connectivity index (χ1) is 9.70. The van der Waals surface area contributed by atoms with E-state index in [0.29, 0.717) is 18.4 Å². The quantitative estimate of drug-likeness (QED) is 0.611. The van der Waals surface area contributed by atoms with Gasteiger partial charge in [0.05, 0.1) is 12.3 Å². The average molecular weight is 299 g/mol. The summed E-state index contributed by atoms with van der Waals surface area (Å²) in [4.78, 5) is 9.08. The Kier molecular flexibility index (Phi) is 5.75. The summed E-state index contributed by atoms with van der Waals surface area (Å²) in [7, 11) is 1.65. The lowest BCUT2D eigenvalue weighted by Gasteiger charge is -2.31. The Hall–Kier alpha value is -0.710. The summed E-state index contributed by atoms with van der Waals surface area (Å²) in [5.74, 6) is 0.723. The number of aromatic nitrogens is 2. The number of ether oxygens (including phenoxy) is 2. The molecule has 0 unspecified atom stereocenters. The van der Waals surface area contributed by atoms with Gasteiger partial charge in [-0.3, -0.25) is 0 Å². The molecule has 0 radical (unpaired) electrons. The van der Waals surface area contributed by atoms with Gasteiger partial charge in [-0.25, -0.2) is 9.97 Å². The molecule has 1 aromatic rings. The normalized spacial score (nSPS) is 18.8. The van der Waals surface area contributed by atoms with Crippen LogP contribution in [0.3, 0.4) is 0 Å². The van der Waals surface area contributed by atoms with Crippen LogP contribution in [0.15, 0.2) is 6.07 Å². The van der Waals surface area contributed by atoms with E-state index in [1.54, 1.807) is 13.2 Å². The van der Waals surface area contributed by atoms with Crippen molar-refractivity contribution in [1.82, 2.24) is 9.97 Å². The van der Waals surface area contributed by atoms with Gasteiger partial charge in [0.2, 0.25) is 0 Å². The SMILES string of the molecule is CCOC1(c2nc(Cl)cc(COC)n2)CCCCCC1. The first-order valence-corrected chi connectivity index (χ1v) is 7.75. The molecule has 4 nitrogen and oxygen atoms in total. The third-order valence-electron chi connectivity index (χ3n) is 3.78. The van der Waals surface area contributed by atoms with Crippen molar-refractivity contribution in [3.63, 3.8) is 0 Å². The second kappa shape index (κ2) is 7.34. The summed E-state index contributed by atoms with van der Waals surface area (Å²) in [6.45, 7) is 3.13. The van der Waals surface area contributed by atoms with Crippen molar-refractivity contribution >= 4 is 11.6 Å². The molecule has 1 fully saturated rings. The van der Waals surface area contributed by atoms with E-state index in [9.17, 15) is 0 Å². The minimum Gasteiger partial charge on any atom is -0.378 e. The molecule has 112 valence electrons. The Labute approximate surface area is 125 Å². The standard InChI is InChI=1S/C15H23ClN2O2/c1-3-20-15(8-6-4-5-7-9-15)14-17-12(11-19-2)10-13(16)18-14/h10H,3-9,11H2,1-2H3. The predicted molar refractivity (Wildman–Crippen MR) is 78.8 cm³/mol. The topological polar surface area (TPSA) is 44.2 Å². The highest BCUT2D eigenvalue weighted by molar-refractivity contribution is 6.29. The van der Waals surface area contributed by atoms with Gasteiger partial charge >= 0.3 is 0 Å². The first kappa shape index (κ1) is 15.7. The van der Waals surface area contributed by atoms with Gasteiger partial charge in [-0.1, -0.05) is 37.3 Å². The molecule has 0 atom stereocenters.